The van der Waals surface area contributed by atoms with E-state index in [1.54, 1.807) is 42.5 Å². The van der Waals surface area contributed by atoms with Gasteiger partial charge in [0.15, 0.2) is 0 Å². The average molecular weight is 361 g/mol. The van der Waals surface area contributed by atoms with E-state index >= 15 is 0 Å². The maximum Gasteiger partial charge on any atom is 0.255 e. The molecule has 0 heterocycles. The van der Waals surface area contributed by atoms with Crippen LogP contribution >= 0.6 is 11.6 Å². The molecule has 0 aliphatic rings. The van der Waals surface area contributed by atoms with Crippen LogP contribution in [0.5, 0.6) is 5.75 Å². The van der Waals surface area contributed by atoms with Crippen molar-refractivity contribution in [1.82, 2.24) is 0 Å². The molecule has 0 saturated carbocycles. The highest BCUT2D eigenvalue weighted by molar-refractivity contribution is 6.31. The maximum atomic E-state index is 12.4. The third kappa shape index (κ3) is 5.50. The number of anilines is 2. The lowest BCUT2D eigenvalue weighted by molar-refractivity contribution is -0.116. The molecule has 2 N–H and O–H groups in total. The van der Waals surface area contributed by atoms with Crippen molar-refractivity contribution in [3.63, 3.8) is 0 Å². The summed E-state index contributed by atoms with van der Waals surface area (Å²) in [6.45, 7) is 2.02. The molecule has 25 heavy (non-hydrogen) atoms. The number of nitrogens with one attached hydrogen (secondary N) is 2. The van der Waals surface area contributed by atoms with Crippen molar-refractivity contribution >= 4 is 34.8 Å². The quantitative estimate of drug-likeness (QED) is 0.750. The molecule has 5 nitrogen and oxygen atoms in total. The monoisotopic (exact) mass is 360 g/mol. The van der Waals surface area contributed by atoms with Gasteiger partial charge >= 0.3 is 0 Å². The Morgan fingerprint density at radius 3 is 2.60 bits per heavy atom. The number of hydrogen-bond donors (Lipinski definition) is 2. The van der Waals surface area contributed by atoms with Gasteiger partial charge in [-0.1, -0.05) is 31.0 Å². The van der Waals surface area contributed by atoms with Gasteiger partial charge in [-0.3, -0.25) is 9.59 Å². The van der Waals surface area contributed by atoms with Gasteiger partial charge < -0.3 is 15.4 Å². The van der Waals surface area contributed by atoms with Crippen LogP contribution in [0.25, 0.3) is 0 Å². The first-order valence-corrected chi connectivity index (χ1v) is 8.46. The van der Waals surface area contributed by atoms with E-state index in [2.05, 4.69) is 10.6 Å². The first kappa shape index (κ1) is 18.8. The molecule has 0 aromatic heterocycles. The van der Waals surface area contributed by atoms with Crippen molar-refractivity contribution in [3.8, 4) is 5.75 Å². The van der Waals surface area contributed by atoms with Gasteiger partial charge in [-0.15, -0.1) is 0 Å². The van der Waals surface area contributed by atoms with Crippen molar-refractivity contribution in [2.45, 2.75) is 26.2 Å². The molecule has 6 heteroatoms. The highest BCUT2D eigenvalue weighted by atomic mass is 35.5. The summed E-state index contributed by atoms with van der Waals surface area (Å²) < 4.78 is 5.26. The first-order valence-electron chi connectivity index (χ1n) is 8.08. The van der Waals surface area contributed by atoms with E-state index in [4.69, 9.17) is 16.3 Å². The molecule has 132 valence electrons. The first-order chi connectivity index (χ1) is 12.0. The highest BCUT2D eigenvalue weighted by Gasteiger charge is 2.13. The third-order valence-corrected chi connectivity index (χ3v) is 3.81. The van der Waals surface area contributed by atoms with Crippen LogP contribution in [0.15, 0.2) is 42.5 Å². The molecule has 2 rings (SSSR count). The number of carbonyl (C=O) groups excluding carboxylic acids is 2. The molecule has 0 aliphatic heterocycles. The average Bonchev–Trinajstić information content (AvgIpc) is 2.60. The molecule has 0 unspecified atom stereocenters. The predicted octanol–water partition coefficient (Wildman–Crippen LogP) is 4.73. The third-order valence-electron chi connectivity index (χ3n) is 3.58. The number of halogens is 1. The Bertz CT molecular complexity index is 762. The van der Waals surface area contributed by atoms with Gasteiger partial charge in [0.2, 0.25) is 5.91 Å². The second-order valence-electron chi connectivity index (χ2n) is 5.53. The van der Waals surface area contributed by atoms with Gasteiger partial charge in [0, 0.05) is 22.7 Å². The second-order valence-corrected chi connectivity index (χ2v) is 5.97. The van der Waals surface area contributed by atoms with Crippen molar-refractivity contribution in [2.75, 3.05) is 17.7 Å². The topological polar surface area (TPSA) is 67.4 Å². The molecule has 2 aromatic rings. The SMILES string of the molecule is CCCCC(=O)Nc1cc(C(=O)Nc2cccc(Cl)c2)ccc1OC. The van der Waals surface area contributed by atoms with Crippen LogP contribution in [0.3, 0.4) is 0 Å². The number of carbonyl (C=O) groups is 2. The van der Waals surface area contributed by atoms with Crippen molar-refractivity contribution in [1.29, 1.82) is 0 Å². The summed E-state index contributed by atoms with van der Waals surface area (Å²) >= 11 is 5.92. The van der Waals surface area contributed by atoms with Gasteiger partial charge in [-0.05, 0) is 42.8 Å². The number of ether oxygens (including phenoxy) is 1. The molecular formula is C19H21ClN2O3. The molecule has 0 atom stereocenters. The number of hydrogen-bond acceptors (Lipinski definition) is 3. The molecule has 0 radical (unpaired) electrons. The summed E-state index contributed by atoms with van der Waals surface area (Å²) in [5.74, 6) is 0.102. The Hall–Kier alpha value is -2.53. The molecule has 0 spiro atoms. The minimum atomic E-state index is -0.297. The van der Waals surface area contributed by atoms with Crippen LogP contribution in [-0.4, -0.2) is 18.9 Å². The van der Waals surface area contributed by atoms with Gasteiger partial charge in [0.05, 0.1) is 12.8 Å². The van der Waals surface area contributed by atoms with Crippen molar-refractivity contribution in [2.24, 2.45) is 0 Å². The smallest absolute Gasteiger partial charge is 0.255 e. The summed E-state index contributed by atoms with van der Waals surface area (Å²) in [7, 11) is 1.52. The molecule has 0 saturated heterocycles. The van der Waals surface area contributed by atoms with Crippen molar-refractivity contribution < 1.29 is 14.3 Å². The lowest BCUT2D eigenvalue weighted by Gasteiger charge is -2.12. The minimum absolute atomic E-state index is 0.104. The van der Waals surface area contributed by atoms with E-state index in [0.29, 0.717) is 34.1 Å². The number of benzene rings is 2. The van der Waals surface area contributed by atoms with Crippen LogP contribution in [0.4, 0.5) is 11.4 Å². The van der Waals surface area contributed by atoms with E-state index < -0.39 is 0 Å². The molecular weight excluding hydrogens is 340 g/mol. The fraction of sp³-hybridized carbons (Fsp3) is 0.263. The van der Waals surface area contributed by atoms with Crippen LogP contribution in [0.2, 0.25) is 5.02 Å². The van der Waals surface area contributed by atoms with Gasteiger partial charge in [0.1, 0.15) is 5.75 Å². The van der Waals surface area contributed by atoms with Crippen LogP contribution in [0, 0.1) is 0 Å². The van der Waals surface area contributed by atoms with Gasteiger partial charge in [0.25, 0.3) is 5.91 Å². The van der Waals surface area contributed by atoms with Crippen LogP contribution < -0.4 is 15.4 Å². The number of unbranched alkanes of at least 4 members (excludes halogenated alkanes) is 1. The summed E-state index contributed by atoms with van der Waals surface area (Å²) in [6.07, 6.45) is 2.17. The van der Waals surface area contributed by atoms with Crippen molar-refractivity contribution in [3.05, 3.63) is 53.1 Å². The summed E-state index contributed by atoms with van der Waals surface area (Å²) in [5.41, 5.74) is 1.48. The summed E-state index contributed by atoms with van der Waals surface area (Å²) in [5, 5.41) is 6.11. The zero-order chi connectivity index (χ0) is 18.2. The Morgan fingerprint density at radius 1 is 1.12 bits per heavy atom. The zero-order valence-electron chi connectivity index (χ0n) is 14.3. The Labute approximate surface area is 152 Å². The fourth-order valence-electron chi connectivity index (χ4n) is 2.27. The second kappa shape index (κ2) is 9.08. The Balaban J connectivity index is 2.16. The van der Waals surface area contributed by atoms with E-state index in [1.165, 1.54) is 7.11 Å². The van der Waals surface area contributed by atoms with E-state index in [-0.39, 0.29) is 11.8 Å². The zero-order valence-corrected chi connectivity index (χ0v) is 15.0. The fourth-order valence-corrected chi connectivity index (χ4v) is 2.46. The van der Waals surface area contributed by atoms with Crippen LogP contribution in [0.1, 0.15) is 36.5 Å². The van der Waals surface area contributed by atoms with E-state index in [1.807, 2.05) is 6.92 Å². The Morgan fingerprint density at radius 2 is 1.92 bits per heavy atom. The van der Waals surface area contributed by atoms with E-state index in [0.717, 1.165) is 12.8 Å². The highest BCUT2D eigenvalue weighted by Crippen LogP contribution is 2.26. The van der Waals surface area contributed by atoms with Gasteiger partial charge in [-0.25, -0.2) is 0 Å². The number of methoxy groups -OCH3 is 1. The Kier molecular flexibility index (Phi) is 6.83. The standard InChI is InChI=1S/C19H21ClN2O3/c1-3-4-8-18(23)22-16-11-13(9-10-17(16)25-2)19(24)21-15-7-5-6-14(20)12-15/h5-7,9-12H,3-4,8H2,1-2H3,(H,21,24)(H,22,23). The maximum absolute atomic E-state index is 12.4. The summed E-state index contributed by atoms with van der Waals surface area (Å²) in [6, 6.07) is 11.8. The predicted molar refractivity (Wildman–Crippen MR) is 101 cm³/mol. The normalized spacial score (nSPS) is 10.2. The molecule has 0 bridgehead atoms. The largest absolute Gasteiger partial charge is 0.495 e. The lowest BCUT2D eigenvalue weighted by Crippen LogP contribution is -2.15. The molecule has 0 aliphatic carbocycles. The van der Waals surface area contributed by atoms with Crippen LogP contribution in [-0.2, 0) is 4.79 Å². The van der Waals surface area contributed by atoms with E-state index in [9.17, 15) is 9.59 Å². The summed E-state index contributed by atoms with van der Waals surface area (Å²) in [4.78, 5) is 24.4. The number of rotatable bonds is 7. The molecule has 0 fully saturated rings. The van der Waals surface area contributed by atoms with Gasteiger partial charge in [-0.2, -0.15) is 0 Å². The lowest BCUT2D eigenvalue weighted by atomic mass is 10.1. The molecule has 2 aromatic carbocycles. The number of amides is 2. The minimum Gasteiger partial charge on any atom is -0.495 e. The molecule has 2 amide bonds.